The molecule has 2 aliphatic heterocycles. The van der Waals surface area contributed by atoms with Crippen LogP contribution in [0.1, 0.15) is 25.7 Å². The molecule has 0 saturated carbocycles. The summed E-state index contributed by atoms with van der Waals surface area (Å²) >= 11 is 0. The molecule has 8 nitrogen and oxygen atoms in total. The third-order valence-electron chi connectivity index (χ3n) is 5.84. The van der Waals surface area contributed by atoms with Gasteiger partial charge in [-0.25, -0.2) is 12.7 Å². The number of amides is 1. The molecule has 9 heteroatoms. The molecule has 2 fully saturated rings. The maximum atomic E-state index is 12.8. The third kappa shape index (κ3) is 4.51. The molecule has 156 valence electrons. The number of hydrogen-bond donors (Lipinski definition) is 0. The molecule has 0 atom stereocenters. The van der Waals surface area contributed by atoms with Crippen molar-refractivity contribution in [3.05, 3.63) is 30.5 Å². The Morgan fingerprint density at radius 1 is 1.07 bits per heavy atom. The van der Waals surface area contributed by atoms with E-state index in [9.17, 15) is 13.2 Å². The van der Waals surface area contributed by atoms with E-state index in [2.05, 4.69) is 10.2 Å². The summed E-state index contributed by atoms with van der Waals surface area (Å²) in [6, 6.07) is 7.86. The van der Waals surface area contributed by atoms with Crippen LogP contribution in [0, 0.1) is 5.92 Å². The molecule has 3 heterocycles. The highest BCUT2D eigenvalue weighted by molar-refractivity contribution is 7.88. The zero-order chi connectivity index (χ0) is 20.4. The molecule has 29 heavy (non-hydrogen) atoms. The summed E-state index contributed by atoms with van der Waals surface area (Å²) in [5.74, 6) is 0.594. The van der Waals surface area contributed by atoms with Crippen molar-refractivity contribution in [1.82, 2.24) is 19.4 Å². The Bertz CT molecular complexity index is 976. The molecule has 2 aromatic rings. The summed E-state index contributed by atoms with van der Waals surface area (Å²) in [4.78, 5) is 14.7. The van der Waals surface area contributed by atoms with Crippen molar-refractivity contribution in [3.63, 3.8) is 0 Å². The van der Waals surface area contributed by atoms with Crippen molar-refractivity contribution in [2.45, 2.75) is 31.8 Å². The zero-order valence-corrected chi connectivity index (χ0v) is 17.3. The first-order chi connectivity index (χ1) is 13.9. The van der Waals surface area contributed by atoms with Gasteiger partial charge in [0.2, 0.25) is 21.8 Å². The minimum absolute atomic E-state index is 0.00578. The minimum atomic E-state index is -3.17. The van der Waals surface area contributed by atoms with Crippen molar-refractivity contribution in [1.29, 1.82) is 0 Å². The number of benzene rings is 1. The van der Waals surface area contributed by atoms with Gasteiger partial charge in [0.25, 0.3) is 0 Å². The van der Waals surface area contributed by atoms with Gasteiger partial charge in [-0.2, -0.15) is 5.10 Å². The zero-order valence-electron chi connectivity index (χ0n) is 16.5. The van der Waals surface area contributed by atoms with Gasteiger partial charge in [-0.05, 0) is 18.9 Å². The average molecular weight is 419 g/mol. The number of fused-ring (bicyclic) bond motifs is 1. The van der Waals surface area contributed by atoms with Crippen LogP contribution < -0.4 is 4.74 Å². The van der Waals surface area contributed by atoms with Crippen LogP contribution in [-0.2, 0) is 14.8 Å². The number of likely N-dealkylation sites (tertiary alicyclic amines) is 1. The highest BCUT2D eigenvalue weighted by Crippen LogP contribution is 2.27. The van der Waals surface area contributed by atoms with Crippen molar-refractivity contribution >= 4 is 26.7 Å². The fraction of sp³-hybridized carbons (Fsp3) is 0.550. The highest BCUT2D eigenvalue weighted by Gasteiger charge is 2.33. The molecule has 1 aromatic carbocycles. The molecule has 2 aliphatic rings. The Balaban J connectivity index is 1.31. The maximum Gasteiger partial charge on any atom is 0.241 e. The Labute approximate surface area is 170 Å². The lowest BCUT2D eigenvalue weighted by molar-refractivity contribution is -0.138. The maximum absolute atomic E-state index is 12.8. The average Bonchev–Trinajstić information content (AvgIpc) is 2.73. The van der Waals surface area contributed by atoms with E-state index in [-0.39, 0.29) is 17.9 Å². The summed E-state index contributed by atoms with van der Waals surface area (Å²) in [5.41, 5.74) is 0. The predicted molar refractivity (Wildman–Crippen MR) is 109 cm³/mol. The predicted octanol–water partition coefficient (Wildman–Crippen LogP) is 1.67. The number of carbonyl (C=O) groups is 1. The number of aromatic nitrogens is 2. The number of sulfonamides is 1. The van der Waals surface area contributed by atoms with Gasteiger partial charge < -0.3 is 9.64 Å². The lowest BCUT2D eigenvalue weighted by atomic mass is 9.95. The van der Waals surface area contributed by atoms with Crippen LogP contribution in [0.5, 0.6) is 5.88 Å². The molecule has 0 bridgehead atoms. The van der Waals surface area contributed by atoms with Crippen molar-refractivity contribution in [2.75, 3.05) is 32.4 Å². The summed E-state index contributed by atoms with van der Waals surface area (Å²) in [7, 11) is -3.17. The fourth-order valence-corrected chi connectivity index (χ4v) is 5.01. The van der Waals surface area contributed by atoms with E-state index in [0.29, 0.717) is 44.9 Å². The van der Waals surface area contributed by atoms with Gasteiger partial charge in [0.05, 0.1) is 12.5 Å². The van der Waals surface area contributed by atoms with Crippen LogP contribution in [0.3, 0.4) is 0 Å². The lowest BCUT2D eigenvalue weighted by Gasteiger charge is -2.36. The quantitative estimate of drug-likeness (QED) is 0.750. The van der Waals surface area contributed by atoms with E-state index in [1.807, 2.05) is 29.2 Å². The molecule has 0 unspecified atom stereocenters. The van der Waals surface area contributed by atoms with Crippen LogP contribution in [0.4, 0.5) is 0 Å². The van der Waals surface area contributed by atoms with Crippen LogP contribution in [0.2, 0.25) is 0 Å². The van der Waals surface area contributed by atoms with E-state index < -0.39 is 10.0 Å². The second-order valence-electron chi connectivity index (χ2n) is 7.82. The molecule has 2 saturated heterocycles. The summed E-state index contributed by atoms with van der Waals surface area (Å²) in [5, 5.41) is 10.1. The van der Waals surface area contributed by atoms with Gasteiger partial charge in [0, 0.05) is 55.7 Å². The SMILES string of the molecule is CS(=O)(=O)N1CCC(C(=O)N2CCC(Oc3nncc4ccccc34)CC2)CC1. The van der Waals surface area contributed by atoms with Gasteiger partial charge in [0.1, 0.15) is 6.10 Å². The highest BCUT2D eigenvalue weighted by atomic mass is 32.2. The van der Waals surface area contributed by atoms with Gasteiger partial charge in [-0.1, -0.05) is 18.2 Å². The Morgan fingerprint density at radius 2 is 1.76 bits per heavy atom. The number of piperidine rings is 2. The number of ether oxygens (including phenoxy) is 1. The van der Waals surface area contributed by atoms with Crippen LogP contribution >= 0.6 is 0 Å². The topological polar surface area (TPSA) is 92.7 Å². The number of nitrogens with zero attached hydrogens (tertiary/aromatic N) is 4. The van der Waals surface area contributed by atoms with E-state index in [4.69, 9.17) is 4.74 Å². The van der Waals surface area contributed by atoms with Gasteiger partial charge in [0.15, 0.2) is 0 Å². The standard InChI is InChI=1S/C20H26N4O4S/c1-29(26,27)24-12-6-15(7-13-24)20(25)23-10-8-17(9-11-23)28-19-18-5-3-2-4-16(18)14-21-22-19/h2-5,14-15,17H,6-13H2,1H3. The van der Waals surface area contributed by atoms with E-state index >= 15 is 0 Å². The summed E-state index contributed by atoms with van der Waals surface area (Å²) in [6.45, 7) is 2.14. The molecule has 0 N–H and O–H groups in total. The second-order valence-corrected chi connectivity index (χ2v) is 9.80. The normalized spacial score (nSPS) is 20.1. The Hall–Kier alpha value is -2.26. The molecule has 1 amide bonds. The van der Waals surface area contributed by atoms with Gasteiger partial charge in [-0.3, -0.25) is 4.79 Å². The van der Waals surface area contributed by atoms with Crippen LogP contribution in [0.15, 0.2) is 30.5 Å². The van der Waals surface area contributed by atoms with E-state index in [1.54, 1.807) is 6.20 Å². The monoisotopic (exact) mass is 418 g/mol. The molecular weight excluding hydrogens is 392 g/mol. The number of carbonyl (C=O) groups excluding carboxylic acids is 1. The fourth-order valence-electron chi connectivity index (χ4n) is 4.13. The largest absolute Gasteiger partial charge is 0.473 e. The van der Waals surface area contributed by atoms with Crippen molar-refractivity contribution < 1.29 is 17.9 Å². The van der Waals surface area contributed by atoms with Gasteiger partial charge in [-0.15, -0.1) is 5.10 Å². The molecule has 0 aliphatic carbocycles. The van der Waals surface area contributed by atoms with Gasteiger partial charge >= 0.3 is 0 Å². The lowest BCUT2D eigenvalue weighted by Crippen LogP contribution is -2.47. The second kappa shape index (κ2) is 8.23. The van der Waals surface area contributed by atoms with E-state index in [0.717, 1.165) is 23.6 Å². The van der Waals surface area contributed by atoms with Crippen LogP contribution in [0.25, 0.3) is 10.8 Å². The summed E-state index contributed by atoms with van der Waals surface area (Å²) < 4.78 is 30.8. The third-order valence-corrected chi connectivity index (χ3v) is 7.14. The Kier molecular flexibility index (Phi) is 5.69. The van der Waals surface area contributed by atoms with Crippen LogP contribution in [-0.4, -0.2) is 72.3 Å². The first-order valence-corrected chi connectivity index (χ1v) is 11.9. The van der Waals surface area contributed by atoms with Crippen molar-refractivity contribution in [2.24, 2.45) is 5.92 Å². The minimum Gasteiger partial charge on any atom is -0.473 e. The number of hydrogen-bond acceptors (Lipinski definition) is 6. The molecule has 0 spiro atoms. The molecular formula is C20H26N4O4S. The first kappa shape index (κ1) is 20.0. The molecule has 1 aromatic heterocycles. The smallest absolute Gasteiger partial charge is 0.241 e. The molecule has 0 radical (unpaired) electrons. The summed E-state index contributed by atoms with van der Waals surface area (Å²) in [6.07, 6.45) is 5.63. The van der Waals surface area contributed by atoms with Crippen molar-refractivity contribution in [3.8, 4) is 5.88 Å². The molecule has 4 rings (SSSR count). The van der Waals surface area contributed by atoms with E-state index in [1.165, 1.54) is 10.6 Å². The Morgan fingerprint density at radius 3 is 2.45 bits per heavy atom. The first-order valence-electron chi connectivity index (χ1n) is 10.0. The number of rotatable bonds is 4.